The number of carbonyl (C=O) groups is 1. The smallest absolute Gasteiger partial charge is 0.260 e. The summed E-state index contributed by atoms with van der Waals surface area (Å²) in [4.78, 5) is 19.9. The van der Waals surface area contributed by atoms with Crippen LogP contribution in [-0.2, 0) is 0 Å². The van der Waals surface area contributed by atoms with Gasteiger partial charge in [0, 0.05) is 24.5 Å². The number of hydrogen-bond acceptors (Lipinski definition) is 7. The number of benzene rings is 1. The number of fused-ring (bicyclic) bond motifs is 1. The quantitative estimate of drug-likeness (QED) is 0.580. The summed E-state index contributed by atoms with van der Waals surface area (Å²) < 4.78 is 5.22. The van der Waals surface area contributed by atoms with E-state index in [0.717, 1.165) is 54.0 Å². The molecule has 1 aliphatic rings. The molecule has 0 bridgehead atoms. The first-order chi connectivity index (χ1) is 14.5. The number of nitrogen functional groups attached to an aromatic ring is 1. The fourth-order valence-electron chi connectivity index (χ4n) is 3.64. The molecule has 7 nitrogen and oxygen atoms in total. The van der Waals surface area contributed by atoms with E-state index in [0.29, 0.717) is 15.4 Å². The fraction of sp³-hybridized carbons (Fsp3) is 0.273. The summed E-state index contributed by atoms with van der Waals surface area (Å²) in [5, 5.41) is 0.760. The average molecular weight is 424 g/mol. The summed E-state index contributed by atoms with van der Waals surface area (Å²) in [6.07, 6.45) is 5.86. The molecule has 0 unspecified atom stereocenters. The number of nitrogens with two attached hydrogens (primary N) is 3. The van der Waals surface area contributed by atoms with Crippen LogP contribution in [0.3, 0.4) is 0 Å². The Morgan fingerprint density at radius 3 is 2.57 bits per heavy atom. The van der Waals surface area contributed by atoms with Gasteiger partial charge in [0.05, 0.1) is 12.8 Å². The topological polar surface area (TPSA) is 120 Å². The molecular weight excluding hydrogens is 398 g/mol. The van der Waals surface area contributed by atoms with Crippen molar-refractivity contribution in [2.45, 2.75) is 18.9 Å². The molecule has 156 valence electrons. The Labute approximate surface area is 179 Å². The molecule has 1 amide bonds. The summed E-state index contributed by atoms with van der Waals surface area (Å²) >= 11 is 1.24. The monoisotopic (exact) mass is 423 g/mol. The number of aromatic nitrogens is 1. The zero-order chi connectivity index (χ0) is 21.3. The second-order valence-corrected chi connectivity index (χ2v) is 8.39. The molecule has 0 radical (unpaired) electrons. The summed E-state index contributed by atoms with van der Waals surface area (Å²) in [6, 6.07) is 10.0. The number of amides is 1. The Hall–Kier alpha value is -3.10. The Morgan fingerprint density at radius 1 is 1.23 bits per heavy atom. The van der Waals surface area contributed by atoms with Crippen molar-refractivity contribution in [1.82, 2.24) is 4.98 Å². The number of anilines is 2. The molecule has 3 aromatic rings. The number of hydrogen-bond donors (Lipinski definition) is 3. The van der Waals surface area contributed by atoms with Gasteiger partial charge < -0.3 is 26.8 Å². The summed E-state index contributed by atoms with van der Waals surface area (Å²) in [5.41, 5.74) is 20.2. The van der Waals surface area contributed by atoms with Crippen LogP contribution in [0.15, 0.2) is 30.3 Å². The third kappa shape index (κ3) is 3.96. The lowest BCUT2D eigenvalue weighted by Crippen LogP contribution is -2.40. The highest BCUT2D eigenvalue weighted by Crippen LogP contribution is 2.37. The lowest BCUT2D eigenvalue weighted by atomic mass is 10.0. The van der Waals surface area contributed by atoms with Crippen LogP contribution in [0.5, 0.6) is 5.75 Å². The molecule has 4 rings (SSSR count). The van der Waals surface area contributed by atoms with E-state index >= 15 is 0 Å². The Kier molecular flexibility index (Phi) is 5.61. The van der Waals surface area contributed by atoms with E-state index in [1.165, 1.54) is 11.3 Å². The molecule has 6 N–H and O–H groups in total. The van der Waals surface area contributed by atoms with Crippen molar-refractivity contribution in [2.75, 3.05) is 30.8 Å². The van der Waals surface area contributed by atoms with Gasteiger partial charge in [0.2, 0.25) is 0 Å². The van der Waals surface area contributed by atoms with Crippen LogP contribution < -0.4 is 26.8 Å². The largest absolute Gasteiger partial charge is 0.497 e. The highest BCUT2D eigenvalue weighted by atomic mass is 32.1. The fourth-order valence-corrected chi connectivity index (χ4v) is 4.62. The van der Waals surface area contributed by atoms with Gasteiger partial charge in [0.15, 0.2) is 0 Å². The predicted molar refractivity (Wildman–Crippen MR) is 124 cm³/mol. The first-order valence-corrected chi connectivity index (χ1v) is 10.6. The maximum Gasteiger partial charge on any atom is 0.260 e. The molecule has 0 spiro atoms. The number of nitrogens with zero attached hydrogens (tertiary/aromatic N) is 2. The van der Waals surface area contributed by atoms with Crippen molar-refractivity contribution < 1.29 is 9.53 Å². The minimum atomic E-state index is -0.536. The minimum Gasteiger partial charge on any atom is -0.497 e. The van der Waals surface area contributed by atoms with Gasteiger partial charge in [-0.25, -0.2) is 4.98 Å². The standard InChI is InChI=1S/C22H25N5O2S/c1-29-16-6-3-13(4-7-16)2-5-14-12-17(27-10-8-15(23)9-11-27)26-22-18(14)19(24)20(30-22)21(25)28/h2-7,12,15H,8-11,23-24H2,1H3,(H2,25,28)/b5-2+. The van der Waals surface area contributed by atoms with Crippen molar-refractivity contribution in [1.29, 1.82) is 0 Å². The van der Waals surface area contributed by atoms with E-state index in [-0.39, 0.29) is 6.04 Å². The van der Waals surface area contributed by atoms with Gasteiger partial charge in [-0.1, -0.05) is 24.3 Å². The van der Waals surface area contributed by atoms with Gasteiger partial charge in [-0.3, -0.25) is 4.79 Å². The van der Waals surface area contributed by atoms with Crippen molar-refractivity contribution >= 4 is 51.1 Å². The van der Waals surface area contributed by atoms with Crippen LogP contribution in [-0.4, -0.2) is 37.1 Å². The van der Waals surface area contributed by atoms with Crippen LogP contribution in [0.1, 0.15) is 33.6 Å². The molecule has 8 heteroatoms. The molecule has 0 atom stereocenters. The van der Waals surface area contributed by atoms with E-state index < -0.39 is 5.91 Å². The molecule has 1 aliphatic heterocycles. The number of pyridine rings is 1. The zero-order valence-electron chi connectivity index (χ0n) is 16.8. The third-order valence-electron chi connectivity index (χ3n) is 5.37. The number of primary amides is 1. The van der Waals surface area contributed by atoms with E-state index in [1.54, 1.807) is 7.11 Å². The van der Waals surface area contributed by atoms with Gasteiger partial charge in [-0.2, -0.15) is 0 Å². The molecule has 1 fully saturated rings. The van der Waals surface area contributed by atoms with Crippen LogP contribution in [0.4, 0.5) is 11.5 Å². The van der Waals surface area contributed by atoms with Crippen LogP contribution >= 0.6 is 11.3 Å². The van der Waals surface area contributed by atoms with E-state index in [4.69, 9.17) is 26.9 Å². The molecule has 30 heavy (non-hydrogen) atoms. The lowest BCUT2D eigenvalue weighted by Gasteiger charge is -2.31. The highest BCUT2D eigenvalue weighted by Gasteiger charge is 2.22. The zero-order valence-corrected chi connectivity index (χ0v) is 17.6. The van der Waals surface area contributed by atoms with Gasteiger partial charge in [-0.15, -0.1) is 11.3 Å². The minimum absolute atomic E-state index is 0.235. The molecule has 2 aromatic heterocycles. The molecule has 1 saturated heterocycles. The Bertz CT molecular complexity index is 1100. The maximum atomic E-state index is 11.8. The SMILES string of the molecule is COc1ccc(/C=C/c2cc(N3CCC(N)CC3)nc3sc(C(N)=O)c(N)c23)cc1. The first-order valence-electron chi connectivity index (χ1n) is 9.81. The number of piperidine rings is 1. The Balaban J connectivity index is 1.78. The van der Waals surface area contributed by atoms with Gasteiger partial charge >= 0.3 is 0 Å². The highest BCUT2D eigenvalue weighted by molar-refractivity contribution is 7.21. The molecule has 0 saturated carbocycles. The van der Waals surface area contributed by atoms with E-state index in [1.807, 2.05) is 42.5 Å². The number of rotatable bonds is 5. The second kappa shape index (κ2) is 8.33. The lowest BCUT2D eigenvalue weighted by molar-refractivity contribution is 0.100. The van der Waals surface area contributed by atoms with Gasteiger partial charge in [0.1, 0.15) is 21.3 Å². The van der Waals surface area contributed by atoms with Crippen LogP contribution in [0.25, 0.3) is 22.4 Å². The van der Waals surface area contributed by atoms with Crippen molar-refractivity contribution in [2.24, 2.45) is 11.5 Å². The Morgan fingerprint density at radius 2 is 1.93 bits per heavy atom. The molecule has 3 heterocycles. The normalized spacial score (nSPS) is 15.2. The summed E-state index contributed by atoms with van der Waals surface area (Å²) in [5.74, 6) is 1.13. The first kappa shape index (κ1) is 20.2. The number of carbonyl (C=O) groups excluding carboxylic acids is 1. The van der Waals surface area contributed by atoms with E-state index in [2.05, 4.69) is 4.90 Å². The van der Waals surface area contributed by atoms with Crippen molar-refractivity contribution in [3.05, 3.63) is 46.3 Å². The number of thiophene rings is 1. The average Bonchev–Trinajstić information content (AvgIpc) is 3.10. The van der Waals surface area contributed by atoms with Crippen molar-refractivity contribution in [3.63, 3.8) is 0 Å². The third-order valence-corrected chi connectivity index (χ3v) is 6.49. The molecular formula is C22H25N5O2S. The summed E-state index contributed by atoms with van der Waals surface area (Å²) in [7, 11) is 1.64. The van der Waals surface area contributed by atoms with Gasteiger partial charge in [-0.05, 0) is 42.2 Å². The number of ether oxygens (including phenoxy) is 1. The predicted octanol–water partition coefficient (Wildman–Crippen LogP) is 3.08. The van der Waals surface area contributed by atoms with Crippen LogP contribution in [0, 0.1) is 0 Å². The molecule has 1 aromatic carbocycles. The van der Waals surface area contributed by atoms with Crippen molar-refractivity contribution in [3.8, 4) is 5.75 Å². The van der Waals surface area contributed by atoms with Crippen LogP contribution in [0.2, 0.25) is 0 Å². The molecule has 0 aliphatic carbocycles. The number of methoxy groups -OCH3 is 1. The summed E-state index contributed by atoms with van der Waals surface area (Å²) in [6.45, 7) is 1.70. The second-order valence-electron chi connectivity index (χ2n) is 7.39. The van der Waals surface area contributed by atoms with E-state index in [9.17, 15) is 4.79 Å². The maximum absolute atomic E-state index is 11.8. The van der Waals surface area contributed by atoms with Gasteiger partial charge in [0.25, 0.3) is 5.91 Å².